The summed E-state index contributed by atoms with van der Waals surface area (Å²) in [6.07, 6.45) is -3.87. The number of nitrogens with zero attached hydrogens (tertiary/aromatic N) is 2. The number of aliphatic hydroxyl groups is 1. The minimum absolute atomic E-state index is 0.0209. The maximum Gasteiger partial charge on any atom is 0.419 e. The van der Waals surface area contributed by atoms with Crippen LogP contribution in [-0.4, -0.2) is 21.0 Å². The van der Waals surface area contributed by atoms with Crippen molar-refractivity contribution in [3.8, 4) is 11.3 Å². The molecule has 5 N–H and O–H groups in total. The molecule has 0 unspecified atom stereocenters. The maximum atomic E-state index is 13.5. The van der Waals surface area contributed by atoms with Gasteiger partial charge in [-0.05, 0) is 41.5 Å². The molecule has 7 nitrogen and oxygen atoms in total. The van der Waals surface area contributed by atoms with Gasteiger partial charge < -0.3 is 21.5 Å². The van der Waals surface area contributed by atoms with Crippen molar-refractivity contribution in [2.24, 2.45) is 5.73 Å². The quantitative estimate of drug-likeness (QED) is 0.285. The first-order valence-corrected chi connectivity index (χ1v) is 10.9. The van der Waals surface area contributed by atoms with Crippen LogP contribution >= 0.6 is 0 Å². The van der Waals surface area contributed by atoms with Gasteiger partial charge >= 0.3 is 6.18 Å². The van der Waals surface area contributed by atoms with Crippen molar-refractivity contribution >= 4 is 23.2 Å². The summed E-state index contributed by atoms with van der Waals surface area (Å²) < 4.78 is 40.5. The lowest BCUT2D eigenvalue weighted by Gasteiger charge is -2.14. The Hall–Kier alpha value is -4.28. The molecule has 3 aromatic carbocycles. The largest absolute Gasteiger partial charge is 0.419 e. The molecule has 0 saturated heterocycles. The number of benzene rings is 3. The van der Waals surface area contributed by atoms with Gasteiger partial charge in [-0.2, -0.15) is 13.2 Å². The molecule has 0 saturated carbocycles. The number of alkyl halides is 3. The number of carbonyl (C=O) groups excluding carboxylic acids is 1. The number of carbonyl (C=O) groups is 1. The molecule has 0 bridgehead atoms. The lowest BCUT2D eigenvalue weighted by molar-refractivity contribution is -0.137. The highest BCUT2D eigenvalue weighted by atomic mass is 19.4. The average Bonchev–Trinajstić information content (AvgIpc) is 2.89. The molecule has 4 aromatic rings. The summed E-state index contributed by atoms with van der Waals surface area (Å²) in [7, 11) is 0. The van der Waals surface area contributed by atoms with Crippen LogP contribution in [0.1, 0.15) is 27.0 Å². The topological polar surface area (TPSA) is 113 Å². The fraction of sp³-hybridized carbons (Fsp3) is 0.115. The Morgan fingerprint density at radius 1 is 1.00 bits per heavy atom. The number of aliphatic hydroxyl groups excluding tert-OH is 1. The molecule has 1 heterocycles. The van der Waals surface area contributed by atoms with Crippen LogP contribution in [0.3, 0.4) is 0 Å². The monoisotopic (exact) mass is 493 g/mol. The molecule has 0 aliphatic heterocycles. The first kappa shape index (κ1) is 24.8. The first-order valence-electron chi connectivity index (χ1n) is 10.9. The van der Waals surface area contributed by atoms with Gasteiger partial charge in [0, 0.05) is 35.2 Å². The van der Waals surface area contributed by atoms with E-state index < -0.39 is 11.7 Å². The Morgan fingerprint density at radius 3 is 2.36 bits per heavy atom. The van der Waals surface area contributed by atoms with E-state index in [9.17, 15) is 23.1 Å². The van der Waals surface area contributed by atoms with Gasteiger partial charge in [0.1, 0.15) is 5.56 Å². The van der Waals surface area contributed by atoms with Gasteiger partial charge in [-0.15, -0.1) is 0 Å². The van der Waals surface area contributed by atoms with Gasteiger partial charge in [-0.1, -0.05) is 42.5 Å². The van der Waals surface area contributed by atoms with Crippen molar-refractivity contribution in [2.45, 2.75) is 19.3 Å². The third-order valence-corrected chi connectivity index (χ3v) is 5.37. The van der Waals surface area contributed by atoms with E-state index in [-0.39, 0.29) is 30.7 Å². The van der Waals surface area contributed by atoms with E-state index in [1.807, 2.05) is 0 Å². The number of nitrogens with one attached hydrogen (secondary N) is 2. The molecule has 0 aliphatic carbocycles. The Morgan fingerprint density at radius 2 is 1.72 bits per heavy atom. The van der Waals surface area contributed by atoms with Crippen LogP contribution in [0, 0.1) is 0 Å². The lowest BCUT2D eigenvalue weighted by Crippen LogP contribution is -2.14. The standard InChI is InChI=1S/C26H22F3N5O2/c27-26(28,29)21-14-31-25(34-23(21)17-4-2-1-3-5-17)32-20-10-8-18(9-11-20)24(36)33-22-12-16(15-35)6-7-19(22)13-30/h1-12,14,35H,13,15,30H2,(H,33,36)(H,31,32,34). The Kier molecular flexibility index (Phi) is 7.28. The van der Waals surface area contributed by atoms with Gasteiger partial charge in [0.05, 0.1) is 12.3 Å². The van der Waals surface area contributed by atoms with E-state index in [1.165, 1.54) is 0 Å². The molecule has 184 valence electrons. The molecule has 4 rings (SSSR count). The summed E-state index contributed by atoms with van der Waals surface area (Å²) in [4.78, 5) is 20.6. The van der Waals surface area contributed by atoms with Crippen LogP contribution in [0.2, 0.25) is 0 Å². The van der Waals surface area contributed by atoms with Crippen LogP contribution in [0.5, 0.6) is 0 Å². The highest BCUT2D eigenvalue weighted by Gasteiger charge is 2.35. The molecule has 0 aliphatic rings. The zero-order valence-electron chi connectivity index (χ0n) is 18.9. The smallest absolute Gasteiger partial charge is 0.392 e. The summed E-state index contributed by atoms with van der Waals surface area (Å²) >= 11 is 0. The number of aromatic nitrogens is 2. The number of hydrogen-bond acceptors (Lipinski definition) is 6. The predicted octanol–water partition coefficient (Wildman–Crippen LogP) is 5.11. The zero-order valence-corrected chi connectivity index (χ0v) is 18.9. The normalized spacial score (nSPS) is 11.2. The number of nitrogens with two attached hydrogens (primary N) is 1. The van der Waals surface area contributed by atoms with Gasteiger partial charge in [-0.3, -0.25) is 4.79 Å². The summed E-state index contributed by atoms with van der Waals surface area (Å²) in [6, 6.07) is 19.5. The van der Waals surface area contributed by atoms with Gasteiger partial charge in [-0.25, -0.2) is 9.97 Å². The molecular weight excluding hydrogens is 471 g/mol. The second kappa shape index (κ2) is 10.5. The van der Waals surface area contributed by atoms with Crippen molar-refractivity contribution in [3.63, 3.8) is 0 Å². The Balaban J connectivity index is 1.53. The summed E-state index contributed by atoms with van der Waals surface area (Å²) in [5.41, 5.74) is 7.54. The third kappa shape index (κ3) is 5.68. The van der Waals surface area contributed by atoms with Gasteiger partial charge in [0.2, 0.25) is 5.95 Å². The SMILES string of the molecule is NCc1ccc(CO)cc1NC(=O)c1ccc(Nc2ncc(C(F)(F)F)c(-c3ccccc3)n2)cc1. The maximum absolute atomic E-state index is 13.5. The molecule has 36 heavy (non-hydrogen) atoms. The van der Waals surface area contributed by atoms with Crippen molar-refractivity contribution in [1.29, 1.82) is 0 Å². The van der Waals surface area contributed by atoms with Crippen molar-refractivity contribution in [3.05, 3.63) is 101 Å². The summed E-state index contributed by atoms with van der Waals surface area (Å²) in [5.74, 6) is -0.407. The predicted molar refractivity (Wildman–Crippen MR) is 130 cm³/mol. The van der Waals surface area contributed by atoms with Crippen LogP contribution in [0.4, 0.5) is 30.5 Å². The molecule has 0 spiro atoms. The van der Waals surface area contributed by atoms with Crippen molar-refractivity contribution in [1.82, 2.24) is 9.97 Å². The molecular formula is C26H22F3N5O2. The van der Waals surface area contributed by atoms with Crippen LogP contribution in [0.15, 0.2) is 79.0 Å². The van der Waals surface area contributed by atoms with E-state index >= 15 is 0 Å². The number of anilines is 3. The lowest BCUT2D eigenvalue weighted by atomic mass is 10.1. The van der Waals surface area contributed by atoms with E-state index in [4.69, 9.17) is 5.73 Å². The second-order valence-electron chi connectivity index (χ2n) is 7.83. The average molecular weight is 493 g/mol. The van der Waals surface area contributed by atoms with E-state index in [2.05, 4.69) is 20.6 Å². The molecule has 1 aromatic heterocycles. The number of halogens is 3. The molecule has 0 atom stereocenters. The molecule has 1 amide bonds. The van der Waals surface area contributed by atoms with Gasteiger partial charge in [0.15, 0.2) is 0 Å². The fourth-order valence-corrected chi connectivity index (χ4v) is 3.51. The van der Waals surface area contributed by atoms with Crippen molar-refractivity contribution in [2.75, 3.05) is 10.6 Å². The fourth-order valence-electron chi connectivity index (χ4n) is 3.51. The van der Waals surface area contributed by atoms with Crippen LogP contribution in [-0.2, 0) is 19.3 Å². The molecule has 0 fully saturated rings. The van der Waals surface area contributed by atoms with E-state index in [0.717, 1.165) is 6.20 Å². The second-order valence-corrected chi connectivity index (χ2v) is 7.83. The minimum atomic E-state index is -4.61. The number of amides is 1. The number of hydrogen-bond donors (Lipinski definition) is 4. The highest BCUT2D eigenvalue weighted by molar-refractivity contribution is 6.04. The van der Waals surface area contributed by atoms with Gasteiger partial charge in [0.25, 0.3) is 5.91 Å². The van der Waals surface area contributed by atoms with Crippen LogP contribution < -0.4 is 16.4 Å². The first-order chi connectivity index (χ1) is 17.3. The summed E-state index contributed by atoms with van der Waals surface area (Å²) in [6.45, 7) is 0.0361. The number of rotatable bonds is 7. The Bertz CT molecular complexity index is 1360. The Labute approximate surface area is 204 Å². The molecule has 10 heteroatoms. The zero-order chi connectivity index (χ0) is 25.7. The highest BCUT2D eigenvalue weighted by Crippen LogP contribution is 2.36. The molecule has 0 radical (unpaired) electrons. The third-order valence-electron chi connectivity index (χ3n) is 5.37. The van der Waals surface area contributed by atoms with E-state index in [0.29, 0.717) is 33.6 Å². The van der Waals surface area contributed by atoms with E-state index in [1.54, 1.807) is 72.8 Å². The van der Waals surface area contributed by atoms with Crippen LogP contribution in [0.25, 0.3) is 11.3 Å². The summed E-state index contributed by atoms with van der Waals surface area (Å²) in [5, 5.41) is 15.0. The minimum Gasteiger partial charge on any atom is -0.392 e. The van der Waals surface area contributed by atoms with Crippen molar-refractivity contribution < 1.29 is 23.1 Å².